The first-order chi connectivity index (χ1) is 16.8. The Morgan fingerprint density at radius 2 is 1.94 bits per heavy atom. The molecule has 0 bridgehead atoms. The summed E-state index contributed by atoms with van der Waals surface area (Å²) < 4.78 is 16.6. The Kier molecular flexibility index (Phi) is 7.73. The Hall–Kier alpha value is -3.36. The van der Waals surface area contributed by atoms with Crippen molar-refractivity contribution in [2.45, 2.75) is 45.8 Å². The van der Waals surface area contributed by atoms with Gasteiger partial charge in [0.25, 0.3) is 0 Å². The molecule has 0 saturated carbocycles. The lowest BCUT2D eigenvalue weighted by Crippen LogP contribution is -2.08. The number of benzene rings is 2. The maximum Gasteiger partial charge on any atom is 0.304 e. The van der Waals surface area contributed by atoms with Crippen LogP contribution in [0.3, 0.4) is 0 Å². The van der Waals surface area contributed by atoms with Crippen molar-refractivity contribution in [3.8, 4) is 22.1 Å². The van der Waals surface area contributed by atoms with E-state index in [1.54, 1.807) is 17.4 Å². The summed E-state index contributed by atoms with van der Waals surface area (Å²) in [5, 5.41) is 14.6. The summed E-state index contributed by atoms with van der Waals surface area (Å²) in [6, 6.07) is 14.7. The van der Waals surface area contributed by atoms with E-state index in [1.807, 2.05) is 63.2 Å². The van der Waals surface area contributed by atoms with E-state index in [2.05, 4.69) is 10.1 Å². The minimum Gasteiger partial charge on any atom is -0.489 e. The molecule has 2 aromatic heterocycles. The summed E-state index contributed by atoms with van der Waals surface area (Å²) in [5.41, 5.74) is 3.23. The number of carboxylic acids is 1. The Labute approximate surface area is 212 Å². The summed E-state index contributed by atoms with van der Waals surface area (Å²) in [5.74, 6) is 0.0318. The second-order valence-electron chi connectivity index (χ2n) is 8.27. The first-order valence-corrected chi connectivity index (χ1v) is 12.3. The summed E-state index contributed by atoms with van der Waals surface area (Å²) in [4.78, 5) is 17.0. The van der Waals surface area contributed by atoms with Crippen LogP contribution in [0.5, 0.6) is 11.5 Å². The molecule has 0 amide bonds. The predicted molar refractivity (Wildman–Crippen MR) is 134 cm³/mol. The summed E-state index contributed by atoms with van der Waals surface area (Å²) in [6.45, 7) is 6.24. The Morgan fingerprint density at radius 1 is 1.17 bits per heavy atom. The lowest BCUT2D eigenvalue weighted by Gasteiger charge is -2.13. The van der Waals surface area contributed by atoms with Gasteiger partial charge in [-0.05, 0) is 56.7 Å². The van der Waals surface area contributed by atoms with E-state index >= 15 is 0 Å². The van der Waals surface area contributed by atoms with Crippen LogP contribution in [-0.2, 0) is 11.4 Å². The van der Waals surface area contributed by atoms with Crippen LogP contribution in [0.15, 0.2) is 59.3 Å². The molecule has 35 heavy (non-hydrogen) atoms. The van der Waals surface area contributed by atoms with E-state index in [0.717, 1.165) is 26.7 Å². The lowest BCUT2D eigenvalue weighted by atomic mass is 9.92. The van der Waals surface area contributed by atoms with Crippen LogP contribution in [0.2, 0.25) is 5.02 Å². The molecule has 4 aromatic rings. The van der Waals surface area contributed by atoms with Crippen molar-refractivity contribution in [2.75, 3.05) is 0 Å². The van der Waals surface area contributed by atoms with Crippen LogP contribution in [0.4, 0.5) is 0 Å². The molecule has 182 valence electrons. The Balaban J connectivity index is 1.44. The number of halogens is 1. The van der Waals surface area contributed by atoms with E-state index in [4.69, 9.17) is 25.6 Å². The zero-order valence-corrected chi connectivity index (χ0v) is 21.1. The van der Waals surface area contributed by atoms with Gasteiger partial charge in [-0.1, -0.05) is 28.9 Å². The van der Waals surface area contributed by atoms with Crippen molar-refractivity contribution in [1.29, 1.82) is 0 Å². The molecular formula is C26H25ClN2O5S. The van der Waals surface area contributed by atoms with Crippen LogP contribution in [0, 0.1) is 6.92 Å². The molecule has 0 fully saturated rings. The third-order valence-electron chi connectivity index (χ3n) is 5.28. The highest BCUT2D eigenvalue weighted by Crippen LogP contribution is 2.35. The first-order valence-electron chi connectivity index (χ1n) is 11.1. The van der Waals surface area contributed by atoms with E-state index < -0.39 is 11.9 Å². The van der Waals surface area contributed by atoms with Crippen LogP contribution in [-0.4, -0.2) is 27.3 Å². The third-order valence-corrected chi connectivity index (χ3v) is 6.76. The normalized spacial score (nSPS) is 12.0. The number of aromatic nitrogens is 2. The minimum atomic E-state index is -0.904. The molecule has 0 spiro atoms. The second kappa shape index (κ2) is 10.9. The molecule has 0 saturated heterocycles. The van der Waals surface area contributed by atoms with Crippen molar-refractivity contribution in [2.24, 2.45) is 0 Å². The molecule has 7 nitrogen and oxygen atoms in total. The summed E-state index contributed by atoms with van der Waals surface area (Å²) in [7, 11) is 0. The number of hydrogen-bond acceptors (Lipinski definition) is 7. The maximum atomic E-state index is 11.3. The maximum absolute atomic E-state index is 11.3. The van der Waals surface area contributed by atoms with Crippen LogP contribution in [0.1, 0.15) is 48.0 Å². The van der Waals surface area contributed by atoms with Crippen molar-refractivity contribution >= 4 is 28.9 Å². The summed E-state index contributed by atoms with van der Waals surface area (Å²) >= 11 is 7.95. The number of ether oxygens (including phenoxy) is 2. The molecule has 9 heteroatoms. The van der Waals surface area contributed by atoms with Gasteiger partial charge in [0.2, 0.25) is 0 Å². The van der Waals surface area contributed by atoms with E-state index in [-0.39, 0.29) is 12.5 Å². The number of hydrogen-bond donors (Lipinski definition) is 1. The first kappa shape index (κ1) is 24.8. The zero-order valence-electron chi connectivity index (χ0n) is 19.5. The van der Waals surface area contributed by atoms with Gasteiger partial charge in [0, 0.05) is 17.5 Å². The number of carboxylic acid groups (broad SMARTS) is 1. The number of rotatable bonds is 10. The average molecular weight is 513 g/mol. The van der Waals surface area contributed by atoms with Gasteiger partial charge in [0.05, 0.1) is 33.8 Å². The monoisotopic (exact) mass is 512 g/mol. The molecule has 0 aliphatic rings. The topological polar surface area (TPSA) is 94.7 Å². The van der Waals surface area contributed by atoms with Crippen molar-refractivity contribution in [3.05, 3.63) is 81.6 Å². The third kappa shape index (κ3) is 6.21. The minimum absolute atomic E-state index is 0.0450. The smallest absolute Gasteiger partial charge is 0.304 e. The van der Waals surface area contributed by atoms with Gasteiger partial charge in [-0.15, -0.1) is 11.3 Å². The van der Waals surface area contributed by atoms with Crippen LogP contribution >= 0.6 is 22.9 Å². The Morgan fingerprint density at radius 3 is 2.57 bits per heavy atom. The molecule has 0 unspecified atom stereocenters. The quantitative estimate of drug-likeness (QED) is 0.251. The number of thiazole rings is 1. The molecule has 2 aromatic carbocycles. The number of carbonyl (C=O) groups is 1. The highest BCUT2D eigenvalue weighted by Gasteiger charge is 2.21. The van der Waals surface area contributed by atoms with Gasteiger partial charge in [-0.25, -0.2) is 4.98 Å². The van der Waals surface area contributed by atoms with Gasteiger partial charge in [0.15, 0.2) is 0 Å². The molecule has 4 rings (SSSR count). The number of aliphatic carboxylic acids is 1. The predicted octanol–water partition coefficient (Wildman–Crippen LogP) is 6.73. The fraction of sp³-hybridized carbons (Fsp3) is 0.269. The van der Waals surface area contributed by atoms with Crippen LogP contribution < -0.4 is 9.47 Å². The van der Waals surface area contributed by atoms with Crippen molar-refractivity contribution in [3.63, 3.8) is 0 Å². The zero-order chi connectivity index (χ0) is 24.9. The molecule has 1 atom stereocenters. The van der Waals surface area contributed by atoms with Gasteiger partial charge >= 0.3 is 5.97 Å². The molecule has 0 aliphatic heterocycles. The van der Waals surface area contributed by atoms with E-state index in [1.165, 1.54) is 6.26 Å². The highest BCUT2D eigenvalue weighted by molar-refractivity contribution is 7.15. The average Bonchev–Trinajstić information content (AvgIpc) is 3.47. The van der Waals surface area contributed by atoms with Gasteiger partial charge in [-0.3, -0.25) is 4.79 Å². The molecule has 1 N–H and O–H groups in total. The highest BCUT2D eigenvalue weighted by atomic mass is 35.5. The second-order valence-corrected chi connectivity index (χ2v) is 9.76. The molecule has 2 heterocycles. The fourth-order valence-electron chi connectivity index (χ4n) is 3.58. The largest absolute Gasteiger partial charge is 0.489 e. The lowest BCUT2D eigenvalue weighted by molar-refractivity contribution is -0.137. The standard InChI is InChI=1S/C26H25ClN2O5S/c1-15(2)34-23-9-6-18(12-21(23)27)26-28-16(3)24(35-26)14-32-19-7-4-17(5-8-19)20(13-25(30)31)22-10-11-33-29-22/h4-12,15,20H,13-14H2,1-3H3,(H,30,31)/t20-/m0/s1. The SMILES string of the molecule is Cc1nc(-c2ccc(OC(C)C)c(Cl)c2)sc1COc1ccc([C@H](CC(=O)O)c2ccon2)cc1. The van der Waals surface area contributed by atoms with Gasteiger partial charge < -0.3 is 19.1 Å². The van der Waals surface area contributed by atoms with Crippen molar-refractivity contribution in [1.82, 2.24) is 10.1 Å². The summed E-state index contributed by atoms with van der Waals surface area (Å²) in [6.07, 6.45) is 1.41. The van der Waals surface area contributed by atoms with E-state index in [9.17, 15) is 9.90 Å². The Bertz CT molecular complexity index is 1290. The number of nitrogens with zero attached hydrogens (tertiary/aromatic N) is 2. The van der Waals surface area contributed by atoms with Gasteiger partial charge in [0.1, 0.15) is 29.4 Å². The molecular weight excluding hydrogens is 488 g/mol. The van der Waals surface area contributed by atoms with Crippen molar-refractivity contribution < 1.29 is 23.9 Å². The van der Waals surface area contributed by atoms with E-state index in [0.29, 0.717) is 28.8 Å². The molecule has 0 radical (unpaired) electrons. The number of aryl methyl sites for hydroxylation is 1. The molecule has 0 aliphatic carbocycles. The van der Waals surface area contributed by atoms with Gasteiger partial charge in [-0.2, -0.15) is 0 Å². The van der Waals surface area contributed by atoms with Crippen LogP contribution in [0.25, 0.3) is 10.6 Å². The fourth-order valence-corrected chi connectivity index (χ4v) is 4.78.